The van der Waals surface area contributed by atoms with Crippen LogP contribution in [0.1, 0.15) is 85.9 Å². The smallest absolute Gasteiger partial charge is 0.194 e. The van der Waals surface area contributed by atoms with Crippen molar-refractivity contribution in [2.75, 3.05) is 0 Å². The Balaban J connectivity index is 0.000000161. The van der Waals surface area contributed by atoms with Crippen LogP contribution in [0.3, 0.4) is 0 Å². The van der Waals surface area contributed by atoms with Crippen molar-refractivity contribution in [3.63, 3.8) is 0 Å². The molecule has 5 heteroatoms. The molecule has 4 nitrogen and oxygen atoms in total. The van der Waals surface area contributed by atoms with Crippen LogP contribution in [0.15, 0.2) is 133 Å². The molecule has 0 saturated carbocycles. The average Bonchev–Trinajstić information content (AvgIpc) is 3.83. The summed E-state index contributed by atoms with van der Waals surface area (Å²) in [5.41, 5.74) is 7.93. The van der Waals surface area contributed by atoms with Gasteiger partial charge in [-0.2, -0.15) is 17.7 Å². The van der Waals surface area contributed by atoms with Crippen molar-refractivity contribution in [3.8, 4) is 0 Å². The molecule has 0 saturated heterocycles. The van der Waals surface area contributed by atoms with Crippen molar-refractivity contribution in [1.29, 1.82) is 0 Å². The fourth-order valence-electron chi connectivity index (χ4n) is 5.83. The van der Waals surface area contributed by atoms with Gasteiger partial charge in [0.15, 0.2) is 23.1 Å². The topological polar surface area (TPSA) is 68.3 Å². The molecule has 0 N–H and O–H groups in total. The molecule has 2 aliphatic rings. The largest absolute Gasteiger partial charge is 0.686 e. The summed E-state index contributed by atoms with van der Waals surface area (Å²) in [5.74, 6) is -0.332. The summed E-state index contributed by atoms with van der Waals surface area (Å²) in [4.78, 5) is 50.4. The van der Waals surface area contributed by atoms with Gasteiger partial charge in [-0.1, -0.05) is 90.5 Å². The number of hydrogen-bond acceptors (Lipinski definition) is 4. The first-order valence-corrected chi connectivity index (χ1v) is 14.9. The zero-order valence-electron chi connectivity index (χ0n) is 25.0. The van der Waals surface area contributed by atoms with Crippen LogP contribution in [0.5, 0.6) is 0 Å². The van der Waals surface area contributed by atoms with Crippen LogP contribution in [0, 0.1) is 0 Å². The van der Waals surface area contributed by atoms with E-state index in [2.05, 4.69) is 0 Å². The quantitative estimate of drug-likeness (QED) is 0.141. The molecule has 0 atom stereocenters. The Labute approximate surface area is 282 Å². The van der Waals surface area contributed by atoms with E-state index in [0.29, 0.717) is 44.5 Å². The maximum atomic E-state index is 12.7. The Hall–Kier alpha value is -5.74. The second kappa shape index (κ2) is 13.3. The first-order valence-electron chi connectivity index (χ1n) is 14.9. The van der Waals surface area contributed by atoms with Gasteiger partial charge in [0.2, 0.25) is 0 Å². The molecule has 8 rings (SSSR count). The third-order valence-corrected chi connectivity index (χ3v) is 8.21. The molecule has 0 fully saturated rings. The number of carbonyl (C=O) groups excluding carboxylic acids is 4. The van der Waals surface area contributed by atoms with Gasteiger partial charge in [0.25, 0.3) is 0 Å². The van der Waals surface area contributed by atoms with Crippen molar-refractivity contribution in [2.45, 2.75) is 0 Å². The molecule has 2 aliphatic carbocycles. The summed E-state index contributed by atoms with van der Waals surface area (Å²) >= 11 is 0. The van der Waals surface area contributed by atoms with Gasteiger partial charge in [-0.3, -0.25) is 19.2 Å². The maximum absolute atomic E-state index is 12.7. The van der Waals surface area contributed by atoms with Crippen LogP contribution in [-0.2, 0) is 17.1 Å². The Morgan fingerprint density at radius 3 is 1.28 bits per heavy atom. The molecule has 47 heavy (non-hydrogen) atoms. The first-order chi connectivity index (χ1) is 22.5. The summed E-state index contributed by atoms with van der Waals surface area (Å²) in [5, 5.41) is 0. The third kappa shape index (κ3) is 6.10. The fraction of sp³-hybridized carbons (Fsp3) is 0. The van der Waals surface area contributed by atoms with E-state index in [1.165, 1.54) is 0 Å². The number of carbonyl (C=O) groups is 4. The molecular formula is C42H26FeO4-6. The molecule has 0 aliphatic heterocycles. The molecule has 0 amide bonds. The molecule has 0 aromatic heterocycles. The summed E-state index contributed by atoms with van der Waals surface area (Å²) in [6, 6.07) is 40.8. The summed E-state index contributed by atoms with van der Waals surface area (Å²) in [6.07, 6.45) is 7.89. The minimum atomic E-state index is -0.0845. The van der Waals surface area contributed by atoms with Crippen LogP contribution < -0.4 is 0 Å². The number of hydrogen-bond donors (Lipinski definition) is 0. The van der Waals surface area contributed by atoms with Crippen molar-refractivity contribution in [3.05, 3.63) is 200 Å². The van der Waals surface area contributed by atoms with Gasteiger partial charge in [-0.25, -0.2) is 0 Å². The van der Waals surface area contributed by atoms with Crippen molar-refractivity contribution in [2.24, 2.45) is 0 Å². The predicted molar refractivity (Wildman–Crippen MR) is 181 cm³/mol. The Morgan fingerprint density at radius 1 is 0.447 bits per heavy atom. The normalized spacial score (nSPS) is 12.9. The van der Waals surface area contributed by atoms with Crippen LogP contribution in [0.25, 0.3) is 24.3 Å². The van der Waals surface area contributed by atoms with Gasteiger partial charge in [0.1, 0.15) is 0 Å². The second-order valence-corrected chi connectivity index (χ2v) is 11.1. The van der Waals surface area contributed by atoms with E-state index in [9.17, 15) is 19.2 Å². The molecule has 0 unspecified atom stereocenters. The van der Waals surface area contributed by atoms with Crippen molar-refractivity contribution >= 4 is 47.4 Å². The molecular weight excluding hydrogens is 624 g/mol. The zero-order valence-corrected chi connectivity index (χ0v) is 26.1. The summed E-state index contributed by atoms with van der Waals surface area (Å²) in [6.45, 7) is 0. The minimum Gasteiger partial charge on any atom is -0.686 e. The SMILES string of the molecule is O=C1c2ccccc2C(=O)c2cc(C=C[c-]3[cH-][cH-][cH-][cH-]3)ccc21.O=C1c2ccccc2C(=O)c2cc(C=C[c-]3cccc3)ccc21.[Fe]. The standard InChI is InChI=1S/2C21H13O2.Fe/c2*22-20-16-7-3-4-8-17(16)21(23)19-13-15(11-12-18(19)20)10-9-14-5-1-2-6-14;/h2*1-13H;/q-5;-1;. The van der Waals surface area contributed by atoms with Gasteiger partial charge < -0.3 is 42.0 Å². The Kier molecular flexibility index (Phi) is 8.86. The summed E-state index contributed by atoms with van der Waals surface area (Å²) in [7, 11) is 0. The van der Waals surface area contributed by atoms with Crippen LogP contribution >= 0.6 is 0 Å². The number of benzene rings is 4. The van der Waals surface area contributed by atoms with E-state index in [1.807, 2.05) is 85.0 Å². The molecule has 0 bridgehead atoms. The Morgan fingerprint density at radius 2 is 0.830 bits per heavy atom. The van der Waals surface area contributed by atoms with E-state index in [4.69, 9.17) is 0 Å². The van der Waals surface area contributed by atoms with Crippen LogP contribution in [-0.4, -0.2) is 23.1 Å². The monoisotopic (exact) mass is 650 g/mol. The van der Waals surface area contributed by atoms with Gasteiger partial charge >= 0.3 is 0 Å². The second-order valence-electron chi connectivity index (χ2n) is 11.1. The van der Waals surface area contributed by atoms with Crippen molar-refractivity contribution < 1.29 is 36.2 Å². The molecule has 6 aromatic rings. The fourth-order valence-corrected chi connectivity index (χ4v) is 5.83. The van der Waals surface area contributed by atoms with E-state index in [0.717, 1.165) is 22.3 Å². The maximum Gasteiger partial charge on any atom is 0.194 e. The zero-order chi connectivity index (χ0) is 31.6. The third-order valence-electron chi connectivity index (χ3n) is 8.21. The van der Waals surface area contributed by atoms with E-state index >= 15 is 0 Å². The molecule has 0 heterocycles. The molecule has 0 spiro atoms. The predicted octanol–water partition coefficient (Wildman–Crippen LogP) is 8.70. The van der Waals surface area contributed by atoms with Gasteiger partial charge in [0.05, 0.1) is 0 Å². The van der Waals surface area contributed by atoms with Gasteiger partial charge in [0, 0.05) is 61.6 Å². The average molecular weight is 651 g/mol. The minimum absolute atomic E-state index is 0. The molecule has 0 radical (unpaired) electrons. The van der Waals surface area contributed by atoms with Crippen LogP contribution in [0.4, 0.5) is 0 Å². The molecule has 6 aromatic carbocycles. The van der Waals surface area contributed by atoms with E-state index in [-0.39, 0.29) is 40.2 Å². The van der Waals surface area contributed by atoms with Crippen molar-refractivity contribution in [1.82, 2.24) is 0 Å². The summed E-state index contributed by atoms with van der Waals surface area (Å²) < 4.78 is 0. The Bertz CT molecular complexity index is 2050. The number of ketones is 4. The molecule has 232 valence electrons. The van der Waals surface area contributed by atoms with E-state index < -0.39 is 0 Å². The van der Waals surface area contributed by atoms with Crippen LogP contribution in [0.2, 0.25) is 0 Å². The number of fused-ring (bicyclic) bond motifs is 4. The number of rotatable bonds is 4. The first kappa shape index (κ1) is 31.3. The van der Waals surface area contributed by atoms with E-state index in [1.54, 1.807) is 72.8 Å². The van der Waals surface area contributed by atoms with Gasteiger partial charge in [-0.05, 0) is 0 Å². The van der Waals surface area contributed by atoms with Gasteiger partial charge in [-0.15, -0.1) is 29.8 Å².